The molecule has 1 amide bonds. The molecule has 114 valence electrons. The summed E-state index contributed by atoms with van der Waals surface area (Å²) in [6.07, 6.45) is 4.31. The summed E-state index contributed by atoms with van der Waals surface area (Å²) >= 11 is 0. The van der Waals surface area contributed by atoms with Gasteiger partial charge in [-0.05, 0) is 43.4 Å². The molecule has 0 radical (unpaired) electrons. The van der Waals surface area contributed by atoms with Gasteiger partial charge in [-0.1, -0.05) is 26.3 Å². The fourth-order valence-electron chi connectivity index (χ4n) is 3.24. The molecule has 1 fully saturated rings. The molecular weight excluding hydrogens is 266 g/mol. The van der Waals surface area contributed by atoms with Crippen LogP contribution in [0, 0.1) is 5.92 Å². The van der Waals surface area contributed by atoms with E-state index in [2.05, 4.69) is 13.8 Å². The Bertz CT molecular complexity index is 527. The van der Waals surface area contributed by atoms with Crippen molar-refractivity contribution in [2.24, 2.45) is 5.92 Å². The SMILES string of the molecule is CCCC(C)C1CCCN1C(=O)c1cccc(C(=O)O)c1. The molecule has 0 bridgehead atoms. The summed E-state index contributed by atoms with van der Waals surface area (Å²) in [5, 5.41) is 9.04. The van der Waals surface area contributed by atoms with E-state index in [1.807, 2.05) is 4.90 Å². The highest BCUT2D eigenvalue weighted by Crippen LogP contribution is 2.28. The fourth-order valence-corrected chi connectivity index (χ4v) is 3.24. The Hall–Kier alpha value is -1.84. The Balaban J connectivity index is 2.18. The number of carbonyl (C=O) groups excluding carboxylic acids is 1. The van der Waals surface area contributed by atoms with Gasteiger partial charge in [0, 0.05) is 18.2 Å². The Morgan fingerprint density at radius 3 is 2.76 bits per heavy atom. The average molecular weight is 289 g/mol. The van der Waals surface area contributed by atoms with Crippen molar-refractivity contribution in [3.63, 3.8) is 0 Å². The third-order valence-corrected chi connectivity index (χ3v) is 4.32. The third kappa shape index (κ3) is 3.43. The quantitative estimate of drug-likeness (QED) is 0.903. The first-order valence-electron chi connectivity index (χ1n) is 7.69. The summed E-state index contributed by atoms with van der Waals surface area (Å²) in [6, 6.07) is 6.61. The Morgan fingerprint density at radius 1 is 1.38 bits per heavy atom. The first-order chi connectivity index (χ1) is 10.0. The number of hydrogen-bond acceptors (Lipinski definition) is 2. The van der Waals surface area contributed by atoms with Gasteiger partial charge in [-0.25, -0.2) is 4.79 Å². The van der Waals surface area contributed by atoms with E-state index in [-0.39, 0.29) is 17.5 Å². The van der Waals surface area contributed by atoms with Crippen LogP contribution in [-0.4, -0.2) is 34.5 Å². The zero-order valence-corrected chi connectivity index (χ0v) is 12.7. The van der Waals surface area contributed by atoms with Gasteiger partial charge >= 0.3 is 5.97 Å². The number of rotatable bonds is 5. The molecule has 0 aliphatic carbocycles. The lowest BCUT2D eigenvalue weighted by atomic mass is 9.94. The molecule has 1 heterocycles. The summed E-state index contributed by atoms with van der Waals surface area (Å²) in [5.41, 5.74) is 0.642. The molecule has 1 saturated heterocycles. The van der Waals surface area contributed by atoms with Crippen molar-refractivity contribution in [2.45, 2.75) is 45.6 Å². The van der Waals surface area contributed by atoms with Gasteiger partial charge < -0.3 is 10.0 Å². The number of benzene rings is 1. The van der Waals surface area contributed by atoms with Crippen LogP contribution in [0.15, 0.2) is 24.3 Å². The average Bonchev–Trinajstić information content (AvgIpc) is 2.96. The number of amides is 1. The van der Waals surface area contributed by atoms with Crippen LogP contribution >= 0.6 is 0 Å². The van der Waals surface area contributed by atoms with Gasteiger partial charge in [0.15, 0.2) is 0 Å². The lowest BCUT2D eigenvalue weighted by Crippen LogP contribution is -2.39. The standard InChI is InChI=1S/C17H23NO3/c1-3-6-12(2)15-9-5-10-18(15)16(19)13-7-4-8-14(11-13)17(20)21/h4,7-8,11-12,15H,3,5-6,9-10H2,1-2H3,(H,20,21). The molecule has 1 aliphatic rings. The van der Waals surface area contributed by atoms with E-state index in [9.17, 15) is 9.59 Å². The minimum atomic E-state index is -0.998. The van der Waals surface area contributed by atoms with Gasteiger partial charge in [0.05, 0.1) is 5.56 Å². The predicted molar refractivity (Wildman–Crippen MR) is 81.5 cm³/mol. The summed E-state index contributed by atoms with van der Waals surface area (Å²) in [6.45, 7) is 5.14. The Labute approximate surface area is 125 Å². The largest absolute Gasteiger partial charge is 0.478 e. The van der Waals surface area contributed by atoms with Crippen molar-refractivity contribution in [3.05, 3.63) is 35.4 Å². The minimum Gasteiger partial charge on any atom is -0.478 e. The molecular formula is C17H23NO3. The van der Waals surface area contributed by atoms with Crippen LogP contribution in [0.4, 0.5) is 0 Å². The maximum Gasteiger partial charge on any atom is 0.335 e. The molecule has 0 spiro atoms. The summed E-state index contributed by atoms with van der Waals surface area (Å²) in [5.74, 6) is -0.547. The lowest BCUT2D eigenvalue weighted by molar-refractivity contribution is 0.0689. The number of carbonyl (C=O) groups is 2. The number of hydrogen-bond donors (Lipinski definition) is 1. The van der Waals surface area contributed by atoms with E-state index in [0.29, 0.717) is 11.5 Å². The molecule has 1 N–H and O–H groups in total. The van der Waals surface area contributed by atoms with E-state index in [0.717, 1.165) is 32.2 Å². The Morgan fingerprint density at radius 2 is 2.10 bits per heavy atom. The first-order valence-corrected chi connectivity index (χ1v) is 7.69. The molecule has 2 atom stereocenters. The van der Waals surface area contributed by atoms with Crippen LogP contribution in [-0.2, 0) is 0 Å². The zero-order valence-electron chi connectivity index (χ0n) is 12.7. The molecule has 1 aromatic carbocycles. The third-order valence-electron chi connectivity index (χ3n) is 4.32. The van der Waals surface area contributed by atoms with Crippen molar-refractivity contribution in [2.75, 3.05) is 6.54 Å². The molecule has 1 aromatic rings. The van der Waals surface area contributed by atoms with Crippen molar-refractivity contribution < 1.29 is 14.7 Å². The smallest absolute Gasteiger partial charge is 0.335 e. The molecule has 2 unspecified atom stereocenters. The molecule has 4 nitrogen and oxygen atoms in total. The van der Waals surface area contributed by atoms with E-state index < -0.39 is 5.97 Å². The number of aromatic carboxylic acids is 1. The van der Waals surface area contributed by atoms with Gasteiger partial charge in [0.25, 0.3) is 5.91 Å². The second-order valence-corrected chi connectivity index (χ2v) is 5.86. The van der Waals surface area contributed by atoms with Crippen molar-refractivity contribution in [3.8, 4) is 0 Å². The molecule has 4 heteroatoms. The lowest BCUT2D eigenvalue weighted by Gasteiger charge is -2.29. The molecule has 2 rings (SSSR count). The van der Waals surface area contributed by atoms with Crippen molar-refractivity contribution in [1.29, 1.82) is 0 Å². The highest BCUT2D eigenvalue weighted by molar-refractivity contribution is 5.97. The molecule has 21 heavy (non-hydrogen) atoms. The van der Waals surface area contributed by atoms with Crippen LogP contribution in [0.3, 0.4) is 0 Å². The minimum absolute atomic E-state index is 0.0384. The highest BCUT2D eigenvalue weighted by atomic mass is 16.4. The normalized spacial score (nSPS) is 19.5. The Kier molecular flexibility index (Phi) is 4.99. The van der Waals surface area contributed by atoms with Crippen LogP contribution in [0.25, 0.3) is 0 Å². The highest BCUT2D eigenvalue weighted by Gasteiger charge is 2.32. The summed E-state index contributed by atoms with van der Waals surface area (Å²) < 4.78 is 0. The second kappa shape index (κ2) is 6.74. The first kappa shape index (κ1) is 15.5. The maximum atomic E-state index is 12.7. The van der Waals surface area contributed by atoms with Gasteiger partial charge in [0.2, 0.25) is 0 Å². The number of carboxylic acids is 1. The van der Waals surface area contributed by atoms with E-state index >= 15 is 0 Å². The van der Waals surface area contributed by atoms with Crippen LogP contribution < -0.4 is 0 Å². The number of nitrogens with zero attached hydrogens (tertiary/aromatic N) is 1. The van der Waals surface area contributed by atoms with Crippen molar-refractivity contribution >= 4 is 11.9 Å². The van der Waals surface area contributed by atoms with E-state index in [4.69, 9.17) is 5.11 Å². The van der Waals surface area contributed by atoms with Gasteiger partial charge in [-0.2, -0.15) is 0 Å². The van der Waals surface area contributed by atoms with Crippen LogP contribution in [0.2, 0.25) is 0 Å². The zero-order chi connectivity index (χ0) is 15.4. The fraction of sp³-hybridized carbons (Fsp3) is 0.529. The van der Waals surface area contributed by atoms with Crippen LogP contribution in [0.1, 0.15) is 60.2 Å². The maximum absolute atomic E-state index is 12.7. The molecule has 1 aliphatic heterocycles. The summed E-state index contributed by atoms with van der Waals surface area (Å²) in [4.78, 5) is 25.6. The molecule has 0 aromatic heterocycles. The van der Waals surface area contributed by atoms with E-state index in [1.54, 1.807) is 12.1 Å². The summed E-state index contributed by atoms with van der Waals surface area (Å²) in [7, 11) is 0. The van der Waals surface area contributed by atoms with Gasteiger partial charge in [-0.3, -0.25) is 4.79 Å². The number of likely N-dealkylation sites (tertiary alicyclic amines) is 1. The van der Waals surface area contributed by atoms with Gasteiger partial charge in [-0.15, -0.1) is 0 Å². The van der Waals surface area contributed by atoms with Crippen molar-refractivity contribution in [1.82, 2.24) is 4.90 Å². The van der Waals surface area contributed by atoms with E-state index in [1.165, 1.54) is 12.1 Å². The second-order valence-electron chi connectivity index (χ2n) is 5.86. The van der Waals surface area contributed by atoms with Gasteiger partial charge in [0.1, 0.15) is 0 Å². The topological polar surface area (TPSA) is 57.6 Å². The monoisotopic (exact) mass is 289 g/mol. The predicted octanol–water partition coefficient (Wildman–Crippen LogP) is 3.43. The van der Waals surface area contributed by atoms with Crippen LogP contribution in [0.5, 0.6) is 0 Å². The molecule has 0 saturated carbocycles. The number of carboxylic acid groups (broad SMARTS) is 1.